The number of carboxylic acids is 1. The summed E-state index contributed by atoms with van der Waals surface area (Å²) in [5.41, 5.74) is -1.87. The molecule has 5 aliphatic carbocycles. The van der Waals surface area contributed by atoms with Crippen LogP contribution in [0, 0.1) is 28.6 Å². The van der Waals surface area contributed by atoms with E-state index in [9.17, 15) is 24.9 Å². The zero-order valence-corrected chi connectivity index (χ0v) is 14.1. The third kappa shape index (κ3) is 1.30. The van der Waals surface area contributed by atoms with Gasteiger partial charge in [-0.1, -0.05) is 12.7 Å². The van der Waals surface area contributed by atoms with Crippen molar-refractivity contribution < 1.29 is 29.6 Å². The monoisotopic (exact) mass is 346 g/mol. The SMILES string of the molecule is C=C1[C@@H]2C=C3[C@H](C(=O)O)[C@H]4[C@@]5(C)C(=O)O[C@@]4(CC[C@@H]5O)[C@]3(CC2)[C@@H]1O. The van der Waals surface area contributed by atoms with E-state index in [0.29, 0.717) is 30.4 Å². The number of ether oxygens (including phenoxy) is 1. The zero-order chi connectivity index (χ0) is 17.9. The molecular weight excluding hydrogens is 324 g/mol. The average molecular weight is 346 g/mol. The van der Waals surface area contributed by atoms with E-state index in [-0.39, 0.29) is 5.92 Å². The molecule has 6 heteroatoms. The fraction of sp³-hybridized carbons (Fsp3) is 0.684. The van der Waals surface area contributed by atoms with E-state index >= 15 is 0 Å². The Morgan fingerprint density at radius 3 is 2.72 bits per heavy atom. The van der Waals surface area contributed by atoms with Crippen molar-refractivity contribution in [2.24, 2.45) is 28.6 Å². The summed E-state index contributed by atoms with van der Waals surface area (Å²) in [4.78, 5) is 25.0. The lowest BCUT2D eigenvalue weighted by atomic mass is 9.50. The number of carbonyl (C=O) groups is 2. The second-order valence-electron chi connectivity index (χ2n) is 8.63. The minimum Gasteiger partial charge on any atom is -0.481 e. The van der Waals surface area contributed by atoms with Crippen molar-refractivity contribution in [2.75, 3.05) is 0 Å². The van der Waals surface area contributed by atoms with Crippen LogP contribution in [-0.2, 0) is 14.3 Å². The molecule has 0 unspecified atom stereocenters. The van der Waals surface area contributed by atoms with Crippen LogP contribution in [0.5, 0.6) is 0 Å². The first-order chi connectivity index (χ1) is 11.7. The molecule has 3 N–H and O–H groups in total. The highest BCUT2D eigenvalue weighted by molar-refractivity contribution is 5.87. The van der Waals surface area contributed by atoms with Crippen LogP contribution < -0.4 is 0 Å². The summed E-state index contributed by atoms with van der Waals surface area (Å²) in [5, 5.41) is 31.7. The lowest BCUT2D eigenvalue weighted by molar-refractivity contribution is -0.174. The molecule has 6 nitrogen and oxygen atoms in total. The zero-order valence-electron chi connectivity index (χ0n) is 14.1. The maximum absolute atomic E-state index is 12.8. The Morgan fingerprint density at radius 1 is 1.32 bits per heavy atom. The van der Waals surface area contributed by atoms with Crippen molar-refractivity contribution in [1.29, 1.82) is 0 Å². The number of allylic oxidation sites excluding steroid dienone is 1. The second kappa shape index (κ2) is 4.18. The molecule has 1 spiro atoms. The van der Waals surface area contributed by atoms with Crippen LogP contribution in [0.15, 0.2) is 23.8 Å². The van der Waals surface area contributed by atoms with E-state index in [1.807, 2.05) is 6.08 Å². The van der Waals surface area contributed by atoms with Gasteiger partial charge in [0.15, 0.2) is 0 Å². The third-order valence-electron chi connectivity index (χ3n) is 8.07. The quantitative estimate of drug-likeness (QED) is 0.484. The van der Waals surface area contributed by atoms with Crippen molar-refractivity contribution >= 4 is 11.9 Å². The van der Waals surface area contributed by atoms with E-state index in [1.165, 1.54) is 0 Å². The molecule has 4 bridgehead atoms. The topological polar surface area (TPSA) is 104 Å². The summed E-state index contributed by atoms with van der Waals surface area (Å²) in [5.74, 6) is -3.16. The summed E-state index contributed by atoms with van der Waals surface area (Å²) in [6.07, 6.45) is 2.20. The normalized spacial score (nSPS) is 55.5. The molecule has 0 aromatic rings. The van der Waals surface area contributed by atoms with Gasteiger partial charge in [-0.15, -0.1) is 0 Å². The number of aliphatic hydroxyl groups is 2. The molecule has 1 saturated heterocycles. The van der Waals surface area contributed by atoms with Gasteiger partial charge in [-0.25, -0.2) is 0 Å². The summed E-state index contributed by atoms with van der Waals surface area (Å²) in [6, 6.07) is 0. The number of fused-ring (bicyclic) bond motifs is 2. The Hall–Kier alpha value is -1.66. The van der Waals surface area contributed by atoms with Crippen molar-refractivity contribution in [3.05, 3.63) is 23.8 Å². The fourth-order valence-corrected chi connectivity index (χ4v) is 6.96. The minimum atomic E-state index is -1.26. The maximum atomic E-state index is 12.8. The van der Waals surface area contributed by atoms with Crippen LogP contribution in [0.2, 0.25) is 0 Å². The van der Waals surface area contributed by atoms with E-state index in [2.05, 4.69) is 6.58 Å². The number of carboxylic acid groups (broad SMARTS) is 1. The Balaban J connectivity index is 1.85. The van der Waals surface area contributed by atoms with Crippen molar-refractivity contribution in [3.63, 3.8) is 0 Å². The predicted molar refractivity (Wildman–Crippen MR) is 85.2 cm³/mol. The standard InChI is InChI=1S/C19H22O6/c1-8-9-3-5-18(14(8)21)10(7-9)12(15(22)23)13-17(2)11(20)4-6-19(13,18)25-16(17)24/h7,9,11-14,20-21H,1,3-6H2,2H3,(H,22,23)/t9-,11-,12-,13-,14+,17-,18-,19+/m0/s1. The first-order valence-corrected chi connectivity index (χ1v) is 8.95. The lowest BCUT2D eigenvalue weighted by Crippen LogP contribution is -2.61. The van der Waals surface area contributed by atoms with E-state index < -0.39 is 52.4 Å². The molecular formula is C19H22O6. The van der Waals surface area contributed by atoms with Gasteiger partial charge in [-0.2, -0.15) is 0 Å². The summed E-state index contributed by atoms with van der Waals surface area (Å²) >= 11 is 0. The highest BCUT2D eigenvalue weighted by Crippen LogP contribution is 2.77. The number of esters is 1. The maximum Gasteiger partial charge on any atom is 0.315 e. The molecule has 1 aliphatic heterocycles. The molecule has 0 amide bonds. The highest BCUT2D eigenvalue weighted by Gasteiger charge is 2.84. The van der Waals surface area contributed by atoms with Gasteiger partial charge >= 0.3 is 11.9 Å². The first kappa shape index (κ1) is 15.6. The molecule has 0 aromatic carbocycles. The molecule has 3 saturated carbocycles. The number of carbonyl (C=O) groups excluding carboxylic acids is 1. The molecule has 4 fully saturated rings. The third-order valence-corrected chi connectivity index (χ3v) is 8.07. The molecule has 25 heavy (non-hydrogen) atoms. The van der Waals surface area contributed by atoms with Gasteiger partial charge in [0.25, 0.3) is 0 Å². The fourth-order valence-electron chi connectivity index (χ4n) is 6.96. The number of rotatable bonds is 1. The Bertz CT molecular complexity index is 770. The summed E-state index contributed by atoms with van der Waals surface area (Å²) in [6.45, 7) is 5.67. The van der Waals surface area contributed by atoms with Crippen molar-refractivity contribution in [2.45, 2.75) is 50.4 Å². The minimum absolute atomic E-state index is 0.0303. The largest absolute Gasteiger partial charge is 0.481 e. The Kier molecular flexibility index (Phi) is 2.60. The summed E-state index contributed by atoms with van der Waals surface area (Å²) in [7, 11) is 0. The van der Waals surface area contributed by atoms with Crippen molar-refractivity contribution in [3.8, 4) is 0 Å². The van der Waals surface area contributed by atoms with Gasteiger partial charge in [-0.05, 0) is 43.8 Å². The van der Waals surface area contributed by atoms with Crippen LogP contribution in [0.25, 0.3) is 0 Å². The number of aliphatic hydroxyl groups excluding tert-OH is 2. The van der Waals surface area contributed by atoms with Crippen molar-refractivity contribution in [1.82, 2.24) is 0 Å². The van der Waals surface area contributed by atoms with Crippen LogP contribution >= 0.6 is 0 Å². The van der Waals surface area contributed by atoms with Gasteiger partial charge in [0, 0.05) is 11.8 Å². The molecule has 6 aliphatic rings. The van der Waals surface area contributed by atoms with Crippen LogP contribution in [0.1, 0.15) is 32.6 Å². The predicted octanol–water partition coefficient (Wildman–Crippen LogP) is 1.03. The molecule has 1 heterocycles. The van der Waals surface area contributed by atoms with E-state index in [0.717, 1.165) is 6.42 Å². The van der Waals surface area contributed by atoms with Crippen LogP contribution in [0.3, 0.4) is 0 Å². The summed E-state index contributed by atoms with van der Waals surface area (Å²) < 4.78 is 5.95. The van der Waals surface area contributed by atoms with Crippen LogP contribution in [-0.4, -0.2) is 45.1 Å². The highest BCUT2D eigenvalue weighted by atomic mass is 16.6. The average Bonchev–Trinajstić information content (AvgIpc) is 2.92. The Labute approximate surface area is 145 Å². The van der Waals surface area contributed by atoms with Crippen LogP contribution in [0.4, 0.5) is 0 Å². The number of hydrogen-bond donors (Lipinski definition) is 3. The van der Waals surface area contributed by atoms with Gasteiger partial charge in [0.2, 0.25) is 0 Å². The van der Waals surface area contributed by atoms with Gasteiger partial charge < -0.3 is 20.1 Å². The molecule has 0 aromatic heterocycles. The van der Waals surface area contributed by atoms with E-state index in [4.69, 9.17) is 4.74 Å². The molecule has 8 atom stereocenters. The van der Waals surface area contributed by atoms with Gasteiger partial charge in [0.05, 0.1) is 29.0 Å². The number of aliphatic carboxylic acids is 1. The first-order valence-electron chi connectivity index (χ1n) is 8.95. The van der Waals surface area contributed by atoms with Gasteiger partial charge in [0.1, 0.15) is 5.60 Å². The second-order valence-corrected chi connectivity index (χ2v) is 8.63. The van der Waals surface area contributed by atoms with Gasteiger partial charge in [-0.3, -0.25) is 9.59 Å². The molecule has 0 radical (unpaired) electrons. The van der Waals surface area contributed by atoms with E-state index in [1.54, 1.807) is 6.92 Å². The lowest BCUT2D eigenvalue weighted by Gasteiger charge is -2.56. The Morgan fingerprint density at radius 2 is 2.04 bits per heavy atom. The number of hydrogen-bond acceptors (Lipinski definition) is 5. The molecule has 134 valence electrons. The smallest absolute Gasteiger partial charge is 0.315 e. The molecule has 6 rings (SSSR count).